The molecule has 2 atom stereocenters. The predicted octanol–water partition coefficient (Wildman–Crippen LogP) is 4.53. The molecule has 1 aromatic carbocycles. The van der Waals surface area contributed by atoms with Crippen molar-refractivity contribution < 1.29 is 27.8 Å². The molecule has 2 aliphatic rings. The second-order valence-corrected chi connectivity index (χ2v) is 9.20. The Kier molecular flexibility index (Phi) is 5.51. The molecule has 2 N–H and O–H groups in total. The first-order valence-corrected chi connectivity index (χ1v) is 11.8. The first-order chi connectivity index (χ1) is 18.2. The van der Waals surface area contributed by atoms with Crippen molar-refractivity contribution in [2.45, 2.75) is 24.7 Å². The fourth-order valence-electron chi connectivity index (χ4n) is 5.19. The van der Waals surface area contributed by atoms with Crippen molar-refractivity contribution in [2.75, 3.05) is 30.4 Å². The van der Waals surface area contributed by atoms with Crippen molar-refractivity contribution >= 4 is 34.4 Å². The molecule has 10 nitrogen and oxygen atoms in total. The zero-order valence-electron chi connectivity index (χ0n) is 20.1. The van der Waals surface area contributed by atoms with Gasteiger partial charge in [0.05, 0.1) is 36.0 Å². The van der Waals surface area contributed by atoms with E-state index in [1.807, 2.05) is 6.07 Å². The summed E-state index contributed by atoms with van der Waals surface area (Å²) in [6.07, 6.45) is -1.92. The van der Waals surface area contributed by atoms with E-state index in [0.717, 1.165) is 24.8 Å². The molecule has 2 bridgehead atoms. The van der Waals surface area contributed by atoms with Crippen LogP contribution in [0, 0.1) is 0 Å². The molecule has 2 fully saturated rings. The van der Waals surface area contributed by atoms with Gasteiger partial charge in [-0.2, -0.15) is 13.2 Å². The van der Waals surface area contributed by atoms with Crippen LogP contribution in [0.5, 0.6) is 5.75 Å². The SMILES string of the molecule is COc1ccc2c(Nc3cc(C(F)(F)F)ccn3)nn(-c3ccnc(N4C[C@@H]5C[C@H]4CN5C(=O)O)c3)c2c1. The predicted molar refractivity (Wildman–Crippen MR) is 132 cm³/mol. The maximum Gasteiger partial charge on any atom is 0.416 e. The normalized spacial score (nSPS) is 18.8. The topological polar surface area (TPSA) is 109 Å². The van der Waals surface area contributed by atoms with Crippen molar-refractivity contribution in [3.63, 3.8) is 0 Å². The number of fused-ring (bicyclic) bond motifs is 3. The number of anilines is 3. The standard InChI is InChI=1S/C25H22F3N7O3/c1-38-18-2-3-19-20(11-18)35(32-23(19)31-21-8-14(4-6-29-21)25(26,27)28)15-5-7-30-22(10-15)33-12-17-9-16(33)13-34(17)24(36)37/h2-8,10-11,16-17H,9,12-13H2,1H3,(H,36,37)(H,29,31,32)/t16-,17-/m0/s1. The van der Waals surface area contributed by atoms with Crippen molar-refractivity contribution in [1.29, 1.82) is 0 Å². The van der Waals surface area contributed by atoms with Crippen LogP contribution in [-0.2, 0) is 6.18 Å². The highest BCUT2D eigenvalue weighted by molar-refractivity contribution is 5.93. The van der Waals surface area contributed by atoms with Crippen LogP contribution in [0.2, 0.25) is 0 Å². The Bertz CT molecular complexity index is 1540. The van der Waals surface area contributed by atoms with Gasteiger partial charge in [-0.25, -0.2) is 19.4 Å². The van der Waals surface area contributed by atoms with Gasteiger partial charge in [0, 0.05) is 43.0 Å². The quantitative estimate of drug-likeness (QED) is 0.391. The van der Waals surface area contributed by atoms with Gasteiger partial charge in [0.25, 0.3) is 0 Å². The van der Waals surface area contributed by atoms with Gasteiger partial charge in [-0.05, 0) is 36.8 Å². The third-order valence-corrected chi connectivity index (χ3v) is 6.98. The van der Waals surface area contributed by atoms with E-state index in [9.17, 15) is 23.1 Å². The molecule has 13 heteroatoms. The summed E-state index contributed by atoms with van der Waals surface area (Å²) in [7, 11) is 1.54. The maximum absolute atomic E-state index is 13.2. The van der Waals surface area contributed by atoms with E-state index in [0.29, 0.717) is 47.1 Å². The molecule has 2 saturated heterocycles. The van der Waals surface area contributed by atoms with Gasteiger partial charge < -0.3 is 25.0 Å². The molecular formula is C25H22F3N7O3. The first-order valence-electron chi connectivity index (χ1n) is 11.8. The van der Waals surface area contributed by atoms with Crippen LogP contribution in [0.15, 0.2) is 54.9 Å². The van der Waals surface area contributed by atoms with Gasteiger partial charge in [0.1, 0.15) is 17.4 Å². The fraction of sp³-hybridized carbons (Fsp3) is 0.280. The molecule has 0 saturated carbocycles. The molecule has 5 heterocycles. The van der Waals surface area contributed by atoms with Gasteiger partial charge in [0.2, 0.25) is 0 Å². The van der Waals surface area contributed by atoms with E-state index in [1.165, 1.54) is 4.90 Å². The van der Waals surface area contributed by atoms with Crippen LogP contribution in [0.1, 0.15) is 12.0 Å². The van der Waals surface area contributed by atoms with Gasteiger partial charge >= 0.3 is 12.3 Å². The number of hydrogen-bond acceptors (Lipinski definition) is 7. The molecule has 1 amide bonds. The smallest absolute Gasteiger partial charge is 0.416 e. The van der Waals surface area contributed by atoms with Gasteiger partial charge in [-0.15, -0.1) is 5.10 Å². The molecule has 38 heavy (non-hydrogen) atoms. The number of hydrogen-bond donors (Lipinski definition) is 2. The molecule has 0 aliphatic carbocycles. The Hall–Kier alpha value is -4.55. The number of amides is 1. The van der Waals surface area contributed by atoms with E-state index in [4.69, 9.17) is 4.74 Å². The number of ether oxygens (including phenoxy) is 1. The molecule has 0 radical (unpaired) electrons. The van der Waals surface area contributed by atoms with Crippen molar-refractivity contribution in [3.05, 3.63) is 60.4 Å². The highest BCUT2D eigenvalue weighted by Crippen LogP contribution is 2.36. The summed E-state index contributed by atoms with van der Waals surface area (Å²) in [5.74, 6) is 1.61. The molecular weight excluding hydrogens is 503 g/mol. The number of halogens is 3. The van der Waals surface area contributed by atoms with Crippen molar-refractivity contribution in [1.82, 2.24) is 24.6 Å². The lowest BCUT2D eigenvalue weighted by Crippen LogP contribution is -2.48. The van der Waals surface area contributed by atoms with E-state index in [-0.39, 0.29) is 17.9 Å². The zero-order chi connectivity index (χ0) is 26.6. The number of methoxy groups -OCH3 is 1. The summed E-state index contributed by atoms with van der Waals surface area (Å²) in [4.78, 5) is 23.6. The number of rotatable bonds is 5. The first kappa shape index (κ1) is 23.8. The summed E-state index contributed by atoms with van der Waals surface area (Å²) >= 11 is 0. The minimum atomic E-state index is -4.50. The maximum atomic E-state index is 13.2. The van der Waals surface area contributed by atoms with Crippen molar-refractivity contribution in [2.24, 2.45) is 0 Å². The number of aromatic nitrogens is 4. The van der Waals surface area contributed by atoms with E-state index < -0.39 is 17.8 Å². The molecule has 6 rings (SSSR count). The number of pyridine rings is 2. The molecule has 2 aliphatic heterocycles. The summed E-state index contributed by atoms with van der Waals surface area (Å²) in [5, 5.41) is 17.6. The number of piperazine rings is 1. The van der Waals surface area contributed by atoms with Gasteiger partial charge in [0.15, 0.2) is 5.82 Å². The van der Waals surface area contributed by atoms with Crippen molar-refractivity contribution in [3.8, 4) is 11.4 Å². The fourth-order valence-corrected chi connectivity index (χ4v) is 5.19. The molecule has 196 valence electrons. The van der Waals surface area contributed by atoms with Gasteiger partial charge in [-0.1, -0.05) is 0 Å². The zero-order valence-corrected chi connectivity index (χ0v) is 20.1. The number of alkyl halides is 3. The minimum absolute atomic E-state index is 0.00804. The Morgan fingerprint density at radius 1 is 1.08 bits per heavy atom. The Morgan fingerprint density at radius 3 is 2.61 bits per heavy atom. The Labute approximate surface area is 214 Å². The third kappa shape index (κ3) is 4.09. The summed E-state index contributed by atoms with van der Waals surface area (Å²) in [5.41, 5.74) is 0.521. The second-order valence-electron chi connectivity index (χ2n) is 9.20. The summed E-state index contributed by atoms with van der Waals surface area (Å²) in [6, 6.07) is 10.8. The van der Waals surface area contributed by atoms with Crippen LogP contribution in [0.25, 0.3) is 16.6 Å². The van der Waals surface area contributed by atoms with Crippen LogP contribution in [0.4, 0.5) is 35.4 Å². The van der Waals surface area contributed by atoms with E-state index in [1.54, 1.807) is 42.3 Å². The Balaban J connectivity index is 1.37. The molecule has 0 unspecified atom stereocenters. The lowest BCUT2D eigenvalue weighted by Gasteiger charge is -2.33. The number of nitrogens with one attached hydrogen (secondary N) is 1. The Morgan fingerprint density at radius 2 is 1.89 bits per heavy atom. The highest BCUT2D eigenvalue weighted by atomic mass is 19.4. The van der Waals surface area contributed by atoms with Crippen LogP contribution in [0.3, 0.4) is 0 Å². The monoisotopic (exact) mass is 525 g/mol. The van der Waals surface area contributed by atoms with Crippen LogP contribution in [-0.4, -0.2) is 68.1 Å². The summed E-state index contributed by atoms with van der Waals surface area (Å²) in [6.45, 7) is 0.973. The highest BCUT2D eigenvalue weighted by Gasteiger charge is 2.46. The van der Waals surface area contributed by atoms with E-state index >= 15 is 0 Å². The lowest BCUT2D eigenvalue weighted by atomic mass is 10.2. The molecule has 0 spiro atoms. The number of benzene rings is 1. The van der Waals surface area contributed by atoms with Crippen LogP contribution >= 0.6 is 0 Å². The second kappa shape index (κ2) is 8.78. The average Bonchev–Trinajstić information content (AvgIpc) is 3.61. The van der Waals surface area contributed by atoms with Crippen LogP contribution < -0.4 is 15.0 Å². The number of nitrogens with zero attached hydrogens (tertiary/aromatic N) is 6. The minimum Gasteiger partial charge on any atom is -0.497 e. The number of likely N-dealkylation sites (tertiary alicyclic amines) is 1. The average molecular weight is 525 g/mol. The molecule has 3 aromatic heterocycles. The summed E-state index contributed by atoms with van der Waals surface area (Å²) < 4.78 is 46.7. The number of carbonyl (C=O) groups is 1. The largest absolute Gasteiger partial charge is 0.497 e. The molecule has 4 aromatic rings. The lowest BCUT2D eigenvalue weighted by molar-refractivity contribution is -0.137. The van der Waals surface area contributed by atoms with Gasteiger partial charge in [-0.3, -0.25) is 0 Å². The van der Waals surface area contributed by atoms with E-state index in [2.05, 4.69) is 25.3 Å². The number of carboxylic acid groups (broad SMARTS) is 1. The third-order valence-electron chi connectivity index (χ3n) is 6.98.